The molecule has 3 rings (SSSR count). The van der Waals surface area contributed by atoms with E-state index >= 15 is 0 Å². The van der Waals surface area contributed by atoms with Gasteiger partial charge in [-0.1, -0.05) is 44.8 Å². The Morgan fingerprint density at radius 2 is 1.82 bits per heavy atom. The summed E-state index contributed by atoms with van der Waals surface area (Å²) in [5.41, 5.74) is 1.25. The molecule has 9 heteroatoms. The number of pyridine rings is 1. The van der Waals surface area contributed by atoms with Gasteiger partial charge in [0.15, 0.2) is 0 Å². The highest BCUT2D eigenvalue weighted by molar-refractivity contribution is 8.26. The standard InChI is InChI=1S/C24H33N5O2S2/c1-6-26-10-12-27(13-11-26)21-18(17(5)19(15-25)22(30)28(21)7-2)14-20-23(31)29(24(32)33-20)9-8-16(3)4/h14,16H,6-13H2,1-5H3. The predicted octanol–water partition coefficient (Wildman–Crippen LogP) is 3.44. The lowest BCUT2D eigenvalue weighted by Gasteiger charge is -2.37. The molecule has 1 aromatic heterocycles. The first-order valence-corrected chi connectivity index (χ1v) is 12.9. The molecule has 0 bridgehead atoms. The van der Waals surface area contributed by atoms with Crippen LogP contribution in [0.5, 0.6) is 0 Å². The van der Waals surface area contributed by atoms with Crippen molar-refractivity contribution >= 4 is 46.1 Å². The van der Waals surface area contributed by atoms with Gasteiger partial charge in [0.25, 0.3) is 11.5 Å². The normalized spacial score (nSPS) is 18.6. The molecule has 2 aliphatic rings. The van der Waals surface area contributed by atoms with E-state index in [0.29, 0.717) is 33.8 Å². The van der Waals surface area contributed by atoms with Crippen LogP contribution >= 0.6 is 24.0 Å². The Balaban J connectivity index is 2.11. The Morgan fingerprint density at radius 1 is 1.15 bits per heavy atom. The molecule has 0 aromatic carbocycles. The van der Waals surface area contributed by atoms with Gasteiger partial charge in [0.05, 0.1) is 4.91 Å². The number of nitriles is 1. The Bertz CT molecular complexity index is 1060. The highest BCUT2D eigenvalue weighted by atomic mass is 32.2. The van der Waals surface area contributed by atoms with Crippen LogP contribution in [0.15, 0.2) is 9.70 Å². The SMILES string of the molecule is CCN1CCN(c2c(C=C3SC(=S)N(CCC(C)C)C3=O)c(C)c(C#N)c(=O)n2CC)CC1. The van der Waals surface area contributed by atoms with Crippen molar-refractivity contribution in [3.05, 3.63) is 31.9 Å². The maximum absolute atomic E-state index is 13.2. The molecular formula is C24H33N5O2S2. The van der Waals surface area contributed by atoms with Gasteiger partial charge in [-0.15, -0.1) is 0 Å². The van der Waals surface area contributed by atoms with Crippen molar-refractivity contribution in [2.75, 3.05) is 44.2 Å². The number of piperazine rings is 1. The molecule has 1 aromatic rings. The summed E-state index contributed by atoms with van der Waals surface area (Å²) in [7, 11) is 0. The van der Waals surface area contributed by atoms with Crippen LogP contribution in [0.1, 0.15) is 50.8 Å². The quantitative estimate of drug-likeness (QED) is 0.431. The minimum absolute atomic E-state index is 0.0976. The third kappa shape index (κ3) is 5.18. The van der Waals surface area contributed by atoms with Crippen molar-refractivity contribution < 1.29 is 4.79 Å². The van der Waals surface area contributed by atoms with Gasteiger partial charge in [-0.25, -0.2) is 0 Å². The number of hydrogen-bond acceptors (Lipinski definition) is 7. The van der Waals surface area contributed by atoms with Crippen molar-refractivity contribution in [1.29, 1.82) is 5.26 Å². The van der Waals surface area contributed by atoms with E-state index in [1.165, 1.54) is 11.8 Å². The van der Waals surface area contributed by atoms with Crippen molar-refractivity contribution in [1.82, 2.24) is 14.4 Å². The largest absolute Gasteiger partial charge is 0.355 e. The second-order valence-corrected chi connectivity index (χ2v) is 10.5. The molecule has 0 N–H and O–H groups in total. The minimum atomic E-state index is -0.271. The lowest BCUT2D eigenvalue weighted by atomic mass is 10.0. The third-order valence-corrected chi connectivity index (χ3v) is 7.74. The smallest absolute Gasteiger partial charge is 0.270 e. The molecule has 7 nitrogen and oxygen atoms in total. The van der Waals surface area contributed by atoms with Gasteiger partial charge in [-0.2, -0.15) is 5.26 Å². The minimum Gasteiger partial charge on any atom is -0.355 e. The molecule has 0 saturated carbocycles. The molecule has 33 heavy (non-hydrogen) atoms. The van der Waals surface area contributed by atoms with Crippen LogP contribution in [-0.4, -0.2) is 63.9 Å². The van der Waals surface area contributed by atoms with Gasteiger partial charge < -0.3 is 9.80 Å². The molecule has 0 radical (unpaired) electrons. The van der Waals surface area contributed by atoms with Crippen LogP contribution in [0.2, 0.25) is 0 Å². The molecular weight excluding hydrogens is 454 g/mol. The van der Waals surface area contributed by atoms with E-state index in [9.17, 15) is 14.9 Å². The summed E-state index contributed by atoms with van der Waals surface area (Å²) < 4.78 is 2.24. The zero-order chi connectivity index (χ0) is 24.3. The molecule has 2 saturated heterocycles. The van der Waals surface area contributed by atoms with Gasteiger partial charge in [0.2, 0.25) is 0 Å². The molecule has 178 valence electrons. The molecule has 0 aliphatic carbocycles. The van der Waals surface area contributed by atoms with Gasteiger partial charge in [-0.05, 0) is 44.4 Å². The summed E-state index contributed by atoms with van der Waals surface area (Å²) in [5, 5.41) is 9.72. The zero-order valence-corrected chi connectivity index (χ0v) is 21.8. The van der Waals surface area contributed by atoms with Crippen LogP contribution in [0.3, 0.4) is 0 Å². The van der Waals surface area contributed by atoms with E-state index in [-0.39, 0.29) is 17.0 Å². The average Bonchev–Trinajstić information content (AvgIpc) is 3.06. The van der Waals surface area contributed by atoms with E-state index in [1.54, 1.807) is 16.4 Å². The van der Waals surface area contributed by atoms with E-state index in [4.69, 9.17) is 12.2 Å². The summed E-state index contributed by atoms with van der Waals surface area (Å²) in [4.78, 5) is 33.1. The summed E-state index contributed by atoms with van der Waals surface area (Å²) in [6.45, 7) is 15.5. The van der Waals surface area contributed by atoms with Crippen LogP contribution < -0.4 is 10.5 Å². The summed E-state index contributed by atoms with van der Waals surface area (Å²) in [5.74, 6) is 1.17. The summed E-state index contributed by atoms with van der Waals surface area (Å²) >= 11 is 6.80. The first kappa shape index (κ1) is 25.5. The second kappa shape index (κ2) is 10.9. The first-order valence-electron chi connectivity index (χ1n) is 11.6. The molecule has 1 amide bonds. The fourth-order valence-corrected chi connectivity index (χ4v) is 5.56. The Kier molecular flexibility index (Phi) is 8.38. The van der Waals surface area contributed by atoms with Crippen molar-refractivity contribution in [3.8, 4) is 6.07 Å². The molecule has 3 heterocycles. The van der Waals surface area contributed by atoms with Gasteiger partial charge in [0, 0.05) is 44.8 Å². The van der Waals surface area contributed by atoms with Crippen molar-refractivity contribution in [2.24, 2.45) is 5.92 Å². The van der Waals surface area contributed by atoms with Gasteiger partial charge in [-0.3, -0.25) is 19.1 Å². The molecule has 2 aliphatic heterocycles. The van der Waals surface area contributed by atoms with E-state index in [0.717, 1.165) is 50.5 Å². The van der Waals surface area contributed by atoms with Crippen molar-refractivity contribution in [3.63, 3.8) is 0 Å². The number of likely N-dealkylation sites (N-methyl/N-ethyl adjacent to an activating group) is 1. The number of aromatic nitrogens is 1. The molecule has 0 unspecified atom stereocenters. The number of thioether (sulfide) groups is 1. The number of amides is 1. The van der Waals surface area contributed by atoms with E-state index in [1.807, 2.05) is 13.0 Å². The Hall–Kier alpha value is -2.15. The summed E-state index contributed by atoms with van der Waals surface area (Å²) in [6.07, 6.45) is 2.73. The van der Waals surface area contributed by atoms with Crippen LogP contribution in [0.4, 0.5) is 5.82 Å². The monoisotopic (exact) mass is 487 g/mol. The number of nitrogens with zero attached hydrogens (tertiary/aromatic N) is 5. The topological polar surface area (TPSA) is 72.6 Å². The Morgan fingerprint density at radius 3 is 2.36 bits per heavy atom. The fraction of sp³-hybridized carbons (Fsp3) is 0.583. The molecule has 0 atom stereocenters. The lowest BCUT2D eigenvalue weighted by molar-refractivity contribution is -0.122. The van der Waals surface area contributed by atoms with Crippen molar-refractivity contribution in [2.45, 2.75) is 47.6 Å². The average molecular weight is 488 g/mol. The van der Waals surface area contributed by atoms with Crippen LogP contribution in [-0.2, 0) is 11.3 Å². The lowest BCUT2D eigenvalue weighted by Crippen LogP contribution is -2.48. The van der Waals surface area contributed by atoms with Crippen LogP contribution in [0, 0.1) is 24.2 Å². The fourth-order valence-electron chi connectivity index (χ4n) is 4.27. The van der Waals surface area contributed by atoms with Crippen LogP contribution in [0.25, 0.3) is 6.08 Å². The summed E-state index contributed by atoms with van der Waals surface area (Å²) in [6, 6.07) is 2.09. The number of hydrogen-bond donors (Lipinski definition) is 0. The number of carbonyl (C=O) groups is 1. The number of anilines is 1. The highest BCUT2D eigenvalue weighted by Gasteiger charge is 2.33. The second-order valence-electron chi connectivity index (χ2n) is 8.84. The van der Waals surface area contributed by atoms with Gasteiger partial charge in [0.1, 0.15) is 21.8 Å². The van der Waals surface area contributed by atoms with Gasteiger partial charge >= 0.3 is 0 Å². The number of rotatable bonds is 7. The molecule has 2 fully saturated rings. The number of carbonyl (C=O) groups excluding carboxylic acids is 1. The highest BCUT2D eigenvalue weighted by Crippen LogP contribution is 2.36. The number of thiocarbonyl (C=S) groups is 1. The first-order chi connectivity index (χ1) is 15.7. The Labute approximate surface area is 206 Å². The maximum atomic E-state index is 13.2. The van der Waals surface area contributed by atoms with E-state index < -0.39 is 0 Å². The zero-order valence-electron chi connectivity index (χ0n) is 20.2. The maximum Gasteiger partial charge on any atom is 0.270 e. The molecule has 0 spiro atoms. The predicted molar refractivity (Wildman–Crippen MR) is 139 cm³/mol. The third-order valence-electron chi connectivity index (χ3n) is 6.36. The van der Waals surface area contributed by atoms with E-state index in [2.05, 4.69) is 36.6 Å².